The minimum Gasteiger partial charge on any atom is -0.468 e. The molecule has 0 fully saturated rings. The first-order chi connectivity index (χ1) is 10.6. The van der Waals surface area contributed by atoms with E-state index in [1.165, 1.54) is 7.11 Å². The molecule has 1 unspecified atom stereocenters. The second kappa shape index (κ2) is 6.81. The molecule has 1 aromatic heterocycles. The van der Waals surface area contributed by atoms with Crippen molar-refractivity contribution in [1.82, 2.24) is 0 Å². The summed E-state index contributed by atoms with van der Waals surface area (Å²) in [5.74, 6) is -0.798. The van der Waals surface area contributed by atoms with Crippen molar-refractivity contribution in [2.24, 2.45) is 5.73 Å². The maximum atomic E-state index is 12.3. The molecular weight excluding hydrogens is 318 g/mol. The summed E-state index contributed by atoms with van der Waals surface area (Å²) in [4.78, 5) is 23.6. The Kier molecular flexibility index (Phi) is 5.03. The van der Waals surface area contributed by atoms with Crippen LogP contribution in [-0.4, -0.2) is 24.9 Å². The Balaban J connectivity index is 0.00000192. The van der Waals surface area contributed by atoms with Crippen LogP contribution in [0.1, 0.15) is 16.8 Å². The zero-order chi connectivity index (χ0) is 15.7. The quantitative estimate of drug-likeness (QED) is 0.586. The summed E-state index contributed by atoms with van der Waals surface area (Å²) in [6.07, 6.45) is -0.0893. The molecule has 0 aliphatic heterocycles. The largest absolute Gasteiger partial charge is 0.468 e. The molecule has 2 N–H and O–H groups in total. The highest BCUT2D eigenvalue weighted by Gasteiger charge is 2.19. The minimum absolute atomic E-state index is 0. The summed E-state index contributed by atoms with van der Waals surface area (Å²) < 4.78 is 10.2. The van der Waals surface area contributed by atoms with Crippen LogP contribution in [0.2, 0.25) is 0 Å². The van der Waals surface area contributed by atoms with Gasteiger partial charge in [0.15, 0.2) is 5.78 Å². The fraction of sp³-hybridized carbons (Fsp3) is 0.176. The van der Waals surface area contributed by atoms with Gasteiger partial charge in [0.2, 0.25) is 0 Å². The predicted molar refractivity (Wildman–Crippen MR) is 89.9 cm³/mol. The number of fused-ring (bicyclic) bond motifs is 3. The zero-order valence-corrected chi connectivity index (χ0v) is 13.3. The topological polar surface area (TPSA) is 82.5 Å². The third-order valence-corrected chi connectivity index (χ3v) is 3.61. The lowest BCUT2D eigenvalue weighted by Crippen LogP contribution is -2.33. The van der Waals surface area contributed by atoms with Crippen molar-refractivity contribution in [1.29, 1.82) is 0 Å². The van der Waals surface area contributed by atoms with Gasteiger partial charge < -0.3 is 14.9 Å². The molecule has 0 saturated heterocycles. The van der Waals surface area contributed by atoms with Gasteiger partial charge in [-0.25, -0.2) is 0 Å². The summed E-state index contributed by atoms with van der Waals surface area (Å²) in [5.41, 5.74) is 7.62. The molecular formula is C17H16ClNO4. The lowest BCUT2D eigenvalue weighted by Gasteiger charge is -2.08. The van der Waals surface area contributed by atoms with Crippen LogP contribution in [0.25, 0.3) is 21.9 Å². The van der Waals surface area contributed by atoms with Gasteiger partial charge in [0.05, 0.1) is 7.11 Å². The van der Waals surface area contributed by atoms with Crippen LogP contribution in [0.15, 0.2) is 46.9 Å². The number of halogens is 1. The van der Waals surface area contributed by atoms with Crippen molar-refractivity contribution in [3.8, 4) is 0 Å². The SMILES string of the molecule is COC(=O)C(N)CC(=O)c1ccc2oc3ccccc3c2c1.Cl. The third-order valence-electron chi connectivity index (χ3n) is 3.61. The summed E-state index contributed by atoms with van der Waals surface area (Å²) in [6, 6.07) is 11.9. The molecule has 6 heteroatoms. The molecule has 0 aliphatic carbocycles. The first kappa shape index (κ1) is 17.0. The Bertz CT molecular complexity index is 871. The van der Waals surface area contributed by atoms with Crippen molar-refractivity contribution in [2.45, 2.75) is 12.5 Å². The van der Waals surface area contributed by atoms with Gasteiger partial charge in [-0.1, -0.05) is 18.2 Å². The van der Waals surface area contributed by atoms with Gasteiger partial charge >= 0.3 is 5.97 Å². The fourth-order valence-electron chi connectivity index (χ4n) is 2.45. The van der Waals surface area contributed by atoms with Crippen LogP contribution < -0.4 is 5.73 Å². The van der Waals surface area contributed by atoms with E-state index in [-0.39, 0.29) is 24.6 Å². The normalized spacial score (nSPS) is 11.9. The molecule has 3 aromatic rings. The maximum absolute atomic E-state index is 12.3. The molecule has 120 valence electrons. The Labute approximate surface area is 138 Å². The molecule has 0 saturated carbocycles. The molecule has 1 atom stereocenters. The average molecular weight is 334 g/mol. The number of furan rings is 1. The van der Waals surface area contributed by atoms with Gasteiger partial charge in [0.1, 0.15) is 17.2 Å². The standard InChI is InChI=1S/C17H15NO4.ClH/c1-21-17(20)13(18)9-14(19)10-6-7-16-12(8-10)11-4-2-3-5-15(11)22-16;/h2-8,13H,9,18H2,1H3;1H. The highest BCUT2D eigenvalue weighted by Crippen LogP contribution is 2.29. The zero-order valence-electron chi connectivity index (χ0n) is 12.4. The van der Waals surface area contributed by atoms with Crippen molar-refractivity contribution in [3.05, 3.63) is 48.0 Å². The lowest BCUT2D eigenvalue weighted by atomic mass is 10.0. The summed E-state index contributed by atoms with van der Waals surface area (Å²) >= 11 is 0. The van der Waals surface area contributed by atoms with Crippen LogP contribution in [0, 0.1) is 0 Å². The van der Waals surface area contributed by atoms with Gasteiger partial charge in [-0.05, 0) is 24.3 Å². The van der Waals surface area contributed by atoms with E-state index in [1.54, 1.807) is 18.2 Å². The molecule has 23 heavy (non-hydrogen) atoms. The number of benzene rings is 2. The van der Waals surface area contributed by atoms with Crippen molar-refractivity contribution < 1.29 is 18.7 Å². The van der Waals surface area contributed by atoms with Crippen LogP contribution in [0.5, 0.6) is 0 Å². The first-order valence-electron chi connectivity index (χ1n) is 6.88. The van der Waals surface area contributed by atoms with Gasteiger partial charge in [-0.2, -0.15) is 0 Å². The van der Waals surface area contributed by atoms with Crippen molar-refractivity contribution in [2.75, 3.05) is 7.11 Å². The molecule has 2 aromatic carbocycles. The molecule has 0 amide bonds. The Morgan fingerprint density at radius 2 is 1.83 bits per heavy atom. The number of ether oxygens (including phenoxy) is 1. The number of carbonyl (C=O) groups is 2. The van der Waals surface area contributed by atoms with Gasteiger partial charge in [0.25, 0.3) is 0 Å². The Hall–Kier alpha value is -2.37. The maximum Gasteiger partial charge on any atom is 0.323 e. The minimum atomic E-state index is -0.950. The van der Waals surface area contributed by atoms with Crippen molar-refractivity contribution in [3.63, 3.8) is 0 Å². The van der Waals surface area contributed by atoms with E-state index in [0.29, 0.717) is 5.56 Å². The average Bonchev–Trinajstić information content (AvgIpc) is 2.91. The monoisotopic (exact) mass is 333 g/mol. The van der Waals surface area contributed by atoms with Crippen molar-refractivity contribution >= 4 is 46.1 Å². The number of para-hydroxylation sites is 1. The van der Waals surface area contributed by atoms with E-state index < -0.39 is 12.0 Å². The molecule has 1 heterocycles. The number of rotatable bonds is 4. The summed E-state index contributed by atoms with van der Waals surface area (Å²) in [7, 11) is 1.25. The van der Waals surface area contributed by atoms with E-state index in [0.717, 1.165) is 21.9 Å². The fourth-order valence-corrected chi connectivity index (χ4v) is 2.45. The molecule has 0 bridgehead atoms. The van der Waals surface area contributed by atoms with E-state index in [9.17, 15) is 9.59 Å². The number of Topliss-reactive ketones (excluding diaryl/α,β-unsaturated/α-hetero) is 1. The number of nitrogens with two attached hydrogens (primary N) is 1. The predicted octanol–water partition coefficient (Wildman–Crippen LogP) is 3.08. The highest BCUT2D eigenvalue weighted by molar-refractivity contribution is 6.09. The molecule has 0 radical (unpaired) electrons. The van der Waals surface area contributed by atoms with E-state index >= 15 is 0 Å². The smallest absolute Gasteiger partial charge is 0.323 e. The number of carbonyl (C=O) groups excluding carboxylic acids is 2. The number of methoxy groups -OCH3 is 1. The third kappa shape index (κ3) is 3.21. The Morgan fingerprint density at radius 1 is 1.13 bits per heavy atom. The molecule has 3 rings (SSSR count). The molecule has 0 aliphatic rings. The lowest BCUT2D eigenvalue weighted by molar-refractivity contribution is -0.142. The second-order valence-corrected chi connectivity index (χ2v) is 5.07. The van der Waals surface area contributed by atoms with Gasteiger partial charge in [-0.15, -0.1) is 12.4 Å². The number of hydrogen-bond donors (Lipinski definition) is 1. The summed E-state index contributed by atoms with van der Waals surface area (Å²) in [5, 5.41) is 1.82. The van der Waals surface area contributed by atoms with Crippen LogP contribution in [0.3, 0.4) is 0 Å². The van der Waals surface area contributed by atoms with E-state index in [4.69, 9.17) is 10.2 Å². The summed E-state index contributed by atoms with van der Waals surface area (Å²) in [6.45, 7) is 0. The van der Waals surface area contributed by atoms with E-state index in [1.807, 2.05) is 24.3 Å². The van der Waals surface area contributed by atoms with E-state index in [2.05, 4.69) is 4.74 Å². The molecule has 0 spiro atoms. The molecule has 5 nitrogen and oxygen atoms in total. The van der Waals surface area contributed by atoms with Gasteiger partial charge in [-0.3, -0.25) is 9.59 Å². The second-order valence-electron chi connectivity index (χ2n) is 5.07. The Morgan fingerprint density at radius 3 is 2.57 bits per heavy atom. The number of hydrogen-bond acceptors (Lipinski definition) is 5. The first-order valence-corrected chi connectivity index (χ1v) is 6.88. The number of ketones is 1. The van der Waals surface area contributed by atoms with Crippen LogP contribution in [0.4, 0.5) is 0 Å². The highest BCUT2D eigenvalue weighted by atomic mass is 35.5. The number of esters is 1. The van der Waals surface area contributed by atoms with Crippen LogP contribution in [-0.2, 0) is 9.53 Å². The van der Waals surface area contributed by atoms with Gasteiger partial charge in [0, 0.05) is 22.8 Å². The van der Waals surface area contributed by atoms with Crippen LogP contribution >= 0.6 is 12.4 Å².